The number of nitrogens with one attached hydrogen (secondary N) is 1. The average molecular weight is 529 g/mol. The number of carbonyl (C=O) groups is 2. The third-order valence-corrected chi connectivity index (χ3v) is 7.29. The van der Waals surface area contributed by atoms with Crippen molar-refractivity contribution in [1.82, 2.24) is 4.90 Å². The standard InChI is InChI=1S/C31H36N4O4/c1-38-29-12-6-5-11-28(29)34-19-17-33(18-20-34)27-14-13-25(21-26(27)31(37)35-15-7-8-16-35)32-30(36)23-39-22-24-9-3-2-4-10-24/h2-6,9-14,21H,7-8,15-20,22-23H2,1H3,(H,32,36). The maximum atomic E-state index is 13.6. The fraction of sp³-hybridized carbons (Fsp3) is 0.355. The molecule has 2 aliphatic heterocycles. The molecule has 0 aromatic heterocycles. The molecule has 2 saturated heterocycles. The van der Waals surface area contributed by atoms with E-state index in [2.05, 4.69) is 21.2 Å². The maximum Gasteiger partial charge on any atom is 0.256 e. The van der Waals surface area contributed by atoms with Crippen molar-refractivity contribution in [1.29, 1.82) is 0 Å². The number of nitrogens with zero attached hydrogens (tertiary/aromatic N) is 3. The topological polar surface area (TPSA) is 74.4 Å². The third-order valence-electron chi connectivity index (χ3n) is 7.29. The lowest BCUT2D eigenvalue weighted by molar-refractivity contribution is -0.121. The summed E-state index contributed by atoms with van der Waals surface area (Å²) in [5.74, 6) is 0.637. The molecule has 0 unspecified atom stereocenters. The largest absolute Gasteiger partial charge is 0.495 e. The number of benzene rings is 3. The van der Waals surface area contributed by atoms with Crippen LogP contribution in [0.25, 0.3) is 0 Å². The Bertz CT molecular complexity index is 1270. The van der Waals surface area contributed by atoms with Crippen LogP contribution in [0.2, 0.25) is 0 Å². The molecule has 2 aliphatic rings. The predicted octanol–water partition coefficient (Wildman–Crippen LogP) is 4.41. The van der Waals surface area contributed by atoms with E-state index in [0.717, 1.165) is 74.8 Å². The molecule has 0 spiro atoms. The molecule has 1 N–H and O–H groups in total. The first kappa shape index (κ1) is 26.6. The number of hydrogen-bond donors (Lipinski definition) is 1. The Morgan fingerprint density at radius 2 is 1.46 bits per heavy atom. The fourth-order valence-corrected chi connectivity index (χ4v) is 5.26. The molecule has 204 valence electrons. The molecule has 39 heavy (non-hydrogen) atoms. The zero-order chi connectivity index (χ0) is 27.0. The summed E-state index contributed by atoms with van der Waals surface area (Å²) in [6.07, 6.45) is 2.04. The molecule has 8 nitrogen and oxygen atoms in total. The van der Waals surface area contributed by atoms with Gasteiger partial charge >= 0.3 is 0 Å². The SMILES string of the molecule is COc1ccccc1N1CCN(c2ccc(NC(=O)COCc3ccccc3)cc2C(=O)N2CCCC2)CC1. The normalized spacial score (nSPS) is 15.4. The summed E-state index contributed by atoms with van der Waals surface area (Å²) in [7, 11) is 1.70. The molecule has 8 heteroatoms. The molecule has 3 aromatic rings. The maximum absolute atomic E-state index is 13.6. The first-order valence-electron chi connectivity index (χ1n) is 13.6. The van der Waals surface area contributed by atoms with Gasteiger partial charge in [-0.1, -0.05) is 42.5 Å². The fourth-order valence-electron chi connectivity index (χ4n) is 5.26. The quantitative estimate of drug-likeness (QED) is 0.444. The van der Waals surface area contributed by atoms with Crippen molar-refractivity contribution in [3.63, 3.8) is 0 Å². The third kappa shape index (κ3) is 6.52. The zero-order valence-electron chi connectivity index (χ0n) is 22.5. The van der Waals surface area contributed by atoms with Crippen LogP contribution in [0.4, 0.5) is 17.1 Å². The van der Waals surface area contributed by atoms with E-state index in [1.807, 2.05) is 71.6 Å². The van der Waals surface area contributed by atoms with E-state index >= 15 is 0 Å². The minimum atomic E-state index is -0.247. The first-order valence-corrected chi connectivity index (χ1v) is 13.6. The highest BCUT2D eigenvalue weighted by molar-refractivity contribution is 6.02. The van der Waals surface area contributed by atoms with Crippen LogP contribution in [0.5, 0.6) is 5.75 Å². The Balaban J connectivity index is 1.27. The molecule has 2 fully saturated rings. The van der Waals surface area contributed by atoms with Crippen molar-refractivity contribution in [2.75, 3.05) is 68.1 Å². The van der Waals surface area contributed by atoms with Crippen molar-refractivity contribution in [3.05, 3.63) is 83.9 Å². The van der Waals surface area contributed by atoms with E-state index in [1.54, 1.807) is 7.11 Å². The van der Waals surface area contributed by atoms with Gasteiger partial charge in [-0.15, -0.1) is 0 Å². The van der Waals surface area contributed by atoms with E-state index in [9.17, 15) is 9.59 Å². The van der Waals surface area contributed by atoms with Crippen LogP contribution in [0.1, 0.15) is 28.8 Å². The zero-order valence-corrected chi connectivity index (χ0v) is 22.5. The Morgan fingerprint density at radius 1 is 0.795 bits per heavy atom. The predicted molar refractivity (Wildman–Crippen MR) is 154 cm³/mol. The number of rotatable bonds is 9. The summed E-state index contributed by atoms with van der Waals surface area (Å²) in [5.41, 5.74) is 4.23. The van der Waals surface area contributed by atoms with Crippen molar-refractivity contribution >= 4 is 28.9 Å². The number of hydrogen-bond acceptors (Lipinski definition) is 6. The van der Waals surface area contributed by atoms with Crippen LogP contribution >= 0.6 is 0 Å². The van der Waals surface area contributed by atoms with E-state index < -0.39 is 0 Å². The van der Waals surface area contributed by atoms with Gasteiger partial charge in [-0.25, -0.2) is 0 Å². The summed E-state index contributed by atoms with van der Waals surface area (Å²) < 4.78 is 11.1. The molecule has 0 radical (unpaired) electrons. The van der Waals surface area contributed by atoms with Crippen molar-refractivity contribution in [2.45, 2.75) is 19.4 Å². The molecule has 2 amide bonds. The van der Waals surface area contributed by atoms with Gasteiger partial charge in [0.2, 0.25) is 5.91 Å². The van der Waals surface area contributed by atoms with Crippen LogP contribution in [-0.4, -0.2) is 69.7 Å². The number of para-hydroxylation sites is 2. The van der Waals surface area contributed by atoms with Gasteiger partial charge in [-0.3, -0.25) is 9.59 Å². The minimum absolute atomic E-state index is 0.0195. The Labute approximate surface area is 230 Å². The number of carbonyl (C=O) groups excluding carboxylic acids is 2. The van der Waals surface area contributed by atoms with Crippen LogP contribution in [0.3, 0.4) is 0 Å². The van der Waals surface area contributed by atoms with Gasteiger partial charge in [0.25, 0.3) is 5.91 Å². The minimum Gasteiger partial charge on any atom is -0.495 e. The lowest BCUT2D eigenvalue weighted by atomic mass is 10.1. The Kier molecular flexibility index (Phi) is 8.63. The van der Waals surface area contributed by atoms with E-state index in [-0.39, 0.29) is 18.4 Å². The van der Waals surface area contributed by atoms with E-state index in [4.69, 9.17) is 9.47 Å². The summed E-state index contributed by atoms with van der Waals surface area (Å²) in [6, 6.07) is 23.5. The highest BCUT2D eigenvalue weighted by Gasteiger charge is 2.27. The van der Waals surface area contributed by atoms with Gasteiger partial charge in [-0.05, 0) is 48.7 Å². The van der Waals surface area contributed by atoms with Gasteiger partial charge in [0.15, 0.2) is 0 Å². The summed E-state index contributed by atoms with van der Waals surface area (Å²) >= 11 is 0. The van der Waals surface area contributed by atoms with Crippen molar-refractivity contribution in [2.24, 2.45) is 0 Å². The molecule has 2 heterocycles. The molecule has 5 rings (SSSR count). The molecular formula is C31H36N4O4. The van der Waals surface area contributed by atoms with Crippen molar-refractivity contribution in [3.8, 4) is 5.75 Å². The summed E-state index contributed by atoms with van der Waals surface area (Å²) in [4.78, 5) is 32.7. The van der Waals surface area contributed by atoms with Gasteiger partial charge in [0.05, 0.1) is 25.0 Å². The summed E-state index contributed by atoms with van der Waals surface area (Å²) in [5, 5.41) is 2.91. The Hall–Kier alpha value is -4.04. The van der Waals surface area contributed by atoms with E-state index in [1.165, 1.54) is 0 Å². The van der Waals surface area contributed by atoms with Crippen molar-refractivity contribution < 1.29 is 19.1 Å². The highest BCUT2D eigenvalue weighted by Crippen LogP contribution is 2.32. The monoisotopic (exact) mass is 528 g/mol. The smallest absolute Gasteiger partial charge is 0.256 e. The average Bonchev–Trinajstić information content (AvgIpc) is 3.53. The molecule has 0 bridgehead atoms. The molecule has 3 aromatic carbocycles. The van der Waals surface area contributed by atoms with Crippen LogP contribution in [-0.2, 0) is 16.1 Å². The number of anilines is 3. The van der Waals surface area contributed by atoms with Crippen LogP contribution < -0.4 is 19.9 Å². The number of methoxy groups -OCH3 is 1. The summed E-state index contributed by atoms with van der Waals surface area (Å²) in [6.45, 7) is 5.02. The number of likely N-dealkylation sites (tertiary alicyclic amines) is 1. The van der Waals surface area contributed by atoms with Gasteiger partial charge in [0, 0.05) is 50.6 Å². The first-order chi connectivity index (χ1) is 19.1. The second-order valence-corrected chi connectivity index (χ2v) is 9.90. The number of amides is 2. The molecule has 0 saturated carbocycles. The van der Waals surface area contributed by atoms with Gasteiger partial charge in [-0.2, -0.15) is 0 Å². The Morgan fingerprint density at radius 3 is 2.18 bits per heavy atom. The lowest BCUT2D eigenvalue weighted by Crippen LogP contribution is -2.47. The highest BCUT2D eigenvalue weighted by atomic mass is 16.5. The van der Waals surface area contributed by atoms with Gasteiger partial charge < -0.3 is 29.5 Å². The van der Waals surface area contributed by atoms with E-state index in [0.29, 0.717) is 17.9 Å². The number of ether oxygens (including phenoxy) is 2. The number of piperazine rings is 1. The lowest BCUT2D eigenvalue weighted by Gasteiger charge is -2.38. The molecular weight excluding hydrogens is 492 g/mol. The molecule has 0 atom stereocenters. The van der Waals surface area contributed by atoms with Crippen LogP contribution in [0, 0.1) is 0 Å². The second-order valence-electron chi connectivity index (χ2n) is 9.90. The second kappa shape index (κ2) is 12.7. The molecule has 0 aliphatic carbocycles. The van der Waals surface area contributed by atoms with Crippen LogP contribution in [0.15, 0.2) is 72.8 Å². The van der Waals surface area contributed by atoms with Gasteiger partial charge in [0.1, 0.15) is 12.4 Å².